The first-order chi connectivity index (χ1) is 15.5. The Bertz CT molecular complexity index is 915. The largest absolute Gasteiger partial charge is 0.395 e. The second-order valence-corrected chi connectivity index (χ2v) is 7.39. The summed E-state index contributed by atoms with van der Waals surface area (Å²) in [5.74, 6) is -0.523. The van der Waals surface area contributed by atoms with Crippen molar-refractivity contribution < 1.29 is 24.6 Å². The number of aliphatic hydroxyl groups is 2. The van der Waals surface area contributed by atoms with Crippen molar-refractivity contribution in [2.75, 3.05) is 50.0 Å². The van der Waals surface area contributed by atoms with Crippen LogP contribution in [0.25, 0.3) is 11.1 Å². The molecule has 0 unspecified atom stereocenters. The number of amides is 2. The van der Waals surface area contributed by atoms with Crippen LogP contribution in [-0.4, -0.2) is 67.2 Å². The minimum Gasteiger partial charge on any atom is -0.395 e. The average Bonchev–Trinajstić information content (AvgIpc) is 3.05. The first-order valence-electron chi connectivity index (χ1n) is 10.6. The van der Waals surface area contributed by atoms with Gasteiger partial charge in [0.25, 0.3) is 0 Å². The van der Waals surface area contributed by atoms with E-state index in [1.807, 2.05) is 12.1 Å². The highest BCUT2D eigenvalue weighted by Gasteiger charge is 2.27. The van der Waals surface area contributed by atoms with Crippen molar-refractivity contribution >= 4 is 29.0 Å². The Morgan fingerprint density at radius 3 is 1.50 bits per heavy atom. The van der Waals surface area contributed by atoms with E-state index in [1.54, 1.807) is 24.3 Å². The van der Waals surface area contributed by atoms with Gasteiger partial charge >= 0.3 is 0 Å². The molecule has 2 aromatic carbocycles. The van der Waals surface area contributed by atoms with Gasteiger partial charge in [-0.05, 0) is 35.4 Å². The molecule has 2 aromatic rings. The van der Waals surface area contributed by atoms with Crippen LogP contribution in [0.1, 0.15) is 28.8 Å². The summed E-state index contributed by atoms with van der Waals surface area (Å²) >= 11 is 0. The summed E-state index contributed by atoms with van der Waals surface area (Å²) in [6.45, 7) is 1.80. The Morgan fingerprint density at radius 1 is 0.656 bits per heavy atom. The summed E-state index contributed by atoms with van der Waals surface area (Å²) in [5.41, 5.74) is 3.68. The zero-order chi connectivity index (χ0) is 22.9. The van der Waals surface area contributed by atoms with Crippen molar-refractivity contribution in [3.8, 4) is 11.1 Å². The van der Waals surface area contributed by atoms with Crippen LogP contribution in [0.5, 0.6) is 0 Å². The topological polar surface area (TPSA) is 140 Å². The van der Waals surface area contributed by atoms with E-state index in [0.29, 0.717) is 48.7 Å². The molecule has 1 aliphatic rings. The van der Waals surface area contributed by atoms with Crippen LogP contribution in [-0.2, 0) is 9.59 Å². The van der Waals surface area contributed by atoms with E-state index in [0.717, 1.165) is 11.1 Å². The number of aliphatic hydroxyl groups excluding tert-OH is 2. The summed E-state index contributed by atoms with van der Waals surface area (Å²) in [4.78, 5) is 37.1. The molecule has 0 fully saturated rings. The van der Waals surface area contributed by atoms with E-state index in [9.17, 15) is 14.4 Å². The number of fused-ring (bicyclic) bond motifs is 3. The number of hydrogen-bond donors (Lipinski definition) is 6. The van der Waals surface area contributed by atoms with Gasteiger partial charge in [-0.2, -0.15) is 0 Å². The molecule has 0 saturated carbocycles. The van der Waals surface area contributed by atoms with E-state index in [4.69, 9.17) is 10.2 Å². The molecule has 3 rings (SSSR count). The van der Waals surface area contributed by atoms with E-state index >= 15 is 0 Å². The lowest BCUT2D eigenvalue weighted by molar-refractivity contribution is -0.116. The number of carbonyl (C=O) groups excluding carboxylic acids is 3. The molecule has 1 aliphatic carbocycles. The number of benzene rings is 2. The Kier molecular flexibility index (Phi) is 8.46. The Hall–Kier alpha value is -3.11. The van der Waals surface area contributed by atoms with Crippen LogP contribution in [0.3, 0.4) is 0 Å². The molecule has 0 aromatic heterocycles. The zero-order valence-electron chi connectivity index (χ0n) is 17.7. The molecular weight excluding hydrogens is 412 g/mol. The number of rotatable bonds is 12. The van der Waals surface area contributed by atoms with Gasteiger partial charge in [-0.3, -0.25) is 14.4 Å². The van der Waals surface area contributed by atoms with Gasteiger partial charge < -0.3 is 31.5 Å². The molecule has 0 heterocycles. The van der Waals surface area contributed by atoms with Crippen molar-refractivity contribution in [1.29, 1.82) is 0 Å². The first kappa shape index (κ1) is 23.6. The molecule has 0 aliphatic heterocycles. The summed E-state index contributed by atoms with van der Waals surface area (Å²) in [7, 11) is 0. The van der Waals surface area contributed by atoms with Crippen LogP contribution < -0.4 is 21.3 Å². The summed E-state index contributed by atoms with van der Waals surface area (Å²) in [6, 6.07) is 10.5. The average molecular weight is 441 g/mol. The van der Waals surface area contributed by atoms with Gasteiger partial charge in [-0.1, -0.05) is 12.1 Å². The normalized spacial score (nSPS) is 11.8. The summed E-state index contributed by atoms with van der Waals surface area (Å²) in [6.07, 6.45) is 0.508. The Morgan fingerprint density at radius 2 is 1.09 bits per heavy atom. The highest BCUT2D eigenvalue weighted by atomic mass is 16.3. The van der Waals surface area contributed by atoms with Gasteiger partial charge in [-0.15, -0.1) is 0 Å². The lowest BCUT2D eigenvalue weighted by atomic mass is 10.0. The van der Waals surface area contributed by atoms with Gasteiger partial charge in [0.15, 0.2) is 5.78 Å². The van der Waals surface area contributed by atoms with E-state index < -0.39 is 0 Å². The maximum Gasteiger partial charge on any atom is 0.225 e. The molecule has 32 heavy (non-hydrogen) atoms. The van der Waals surface area contributed by atoms with Crippen LogP contribution in [0.4, 0.5) is 11.4 Å². The third-order valence-corrected chi connectivity index (χ3v) is 5.02. The fourth-order valence-corrected chi connectivity index (χ4v) is 3.49. The minimum absolute atomic E-state index is 0.0162. The maximum absolute atomic E-state index is 13.0. The lowest BCUT2D eigenvalue weighted by Crippen LogP contribution is -2.24. The van der Waals surface area contributed by atoms with Gasteiger partial charge in [-0.25, -0.2) is 0 Å². The first-order valence-corrected chi connectivity index (χ1v) is 10.6. The minimum atomic E-state index is -0.183. The van der Waals surface area contributed by atoms with Gasteiger partial charge in [0.05, 0.1) is 13.2 Å². The monoisotopic (exact) mass is 440 g/mol. The molecule has 0 atom stereocenters. The van der Waals surface area contributed by atoms with E-state index in [1.165, 1.54) is 0 Å². The highest BCUT2D eigenvalue weighted by Crippen LogP contribution is 2.39. The van der Waals surface area contributed by atoms with Crippen LogP contribution in [0.2, 0.25) is 0 Å². The predicted molar refractivity (Wildman–Crippen MR) is 122 cm³/mol. The molecular formula is C23H28N4O5. The van der Waals surface area contributed by atoms with Crippen molar-refractivity contribution in [2.24, 2.45) is 0 Å². The van der Waals surface area contributed by atoms with Crippen molar-refractivity contribution in [1.82, 2.24) is 10.6 Å². The van der Waals surface area contributed by atoms with E-state index in [2.05, 4.69) is 21.3 Å². The second-order valence-electron chi connectivity index (χ2n) is 7.39. The Labute approximate surface area is 186 Å². The summed E-state index contributed by atoms with van der Waals surface area (Å²) < 4.78 is 0. The molecule has 6 N–H and O–H groups in total. The SMILES string of the molecule is O=C(CCNCCO)Nc1ccc2c(c1)C(=O)c1cc(NC(=O)CCNCCO)ccc1-2. The molecule has 0 radical (unpaired) electrons. The van der Waals surface area contributed by atoms with Crippen LogP contribution >= 0.6 is 0 Å². The number of anilines is 2. The lowest BCUT2D eigenvalue weighted by Gasteiger charge is -2.08. The number of carbonyl (C=O) groups is 3. The van der Waals surface area contributed by atoms with Crippen molar-refractivity contribution in [3.63, 3.8) is 0 Å². The van der Waals surface area contributed by atoms with Gasteiger partial charge in [0, 0.05) is 61.5 Å². The fraction of sp³-hybridized carbons (Fsp3) is 0.348. The molecule has 0 bridgehead atoms. The number of ketones is 1. The molecule has 170 valence electrons. The molecule has 0 saturated heterocycles. The van der Waals surface area contributed by atoms with Crippen LogP contribution in [0.15, 0.2) is 36.4 Å². The maximum atomic E-state index is 13.0. The molecule has 2 amide bonds. The second kappa shape index (κ2) is 11.5. The molecule has 9 nitrogen and oxygen atoms in total. The number of hydrogen-bond acceptors (Lipinski definition) is 7. The Balaban J connectivity index is 1.63. The molecule has 0 spiro atoms. The highest BCUT2D eigenvalue weighted by molar-refractivity contribution is 6.22. The molecule has 9 heteroatoms. The third-order valence-electron chi connectivity index (χ3n) is 5.02. The van der Waals surface area contributed by atoms with Gasteiger partial charge in [0.1, 0.15) is 0 Å². The van der Waals surface area contributed by atoms with Gasteiger partial charge in [0.2, 0.25) is 11.8 Å². The van der Waals surface area contributed by atoms with E-state index in [-0.39, 0.29) is 43.7 Å². The summed E-state index contributed by atoms with van der Waals surface area (Å²) in [5, 5.41) is 28.9. The number of nitrogens with one attached hydrogen (secondary N) is 4. The quantitative estimate of drug-likeness (QED) is 0.228. The van der Waals surface area contributed by atoms with Crippen LogP contribution in [0, 0.1) is 0 Å². The fourth-order valence-electron chi connectivity index (χ4n) is 3.49. The smallest absolute Gasteiger partial charge is 0.225 e. The van der Waals surface area contributed by atoms with Crippen molar-refractivity contribution in [3.05, 3.63) is 47.5 Å². The van der Waals surface area contributed by atoms with Crippen molar-refractivity contribution in [2.45, 2.75) is 12.8 Å². The standard InChI is InChI=1S/C23H28N4O5/c28-11-9-24-7-5-21(30)26-15-1-3-17-18-4-2-16(14-20(18)23(32)19(17)13-15)27-22(31)6-8-25-10-12-29/h1-4,13-14,24-25,28-29H,5-12H2,(H,26,30)(H,27,31). The predicted octanol–water partition coefficient (Wildman–Crippen LogP) is 0.719. The third kappa shape index (κ3) is 5.98. The zero-order valence-corrected chi connectivity index (χ0v) is 17.7.